The van der Waals surface area contributed by atoms with Crippen molar-refractivity contribution in [3.8, 4) is 11.5 Å². The van der Waals surface area contributed by atoms with E-state index in [1.54, 1.807) is 0 Å². The Labute approximate surface area is 79.0 Å². The van der Waals surface area contributed by atoms with Crippen molar-refractivity contribution >= 4 is 11.0 Å². The Bertz CT molecular complexity index is 554. The first-order valence-corrected chi connectivity index (χ1v) is 4.05. The zero-order valence-electron chi connectivity index (χ0n) is 7.44. The van der Waals surface area contributed by atoms with Crippen molar-refractivity contribution in [1.82, 2.24) is 0 Å². The molecular weight excluding hydrogens is 184 g/mol. The minimum Gasteiger partial charge on any atom is -0.507 e. The summed E-state index contributed by atoms with van der Waals surface area (Å²) in [7, 11) is 0. The van der Waals surface area contributed by atoms with Gasteiger partial charge in [-0.2, -0.15) is 0 Å². The highest BCUT2D eigenvalue weighted by molar-refractivity contribution is 5.89. The van der Waals surface area contributed by atoms with Crippen molar-refractivity contribution in [2.24, 2.45) is 0 Å². The molecule has 14 heavy (non-hydrogen) atoms. The van der Waals surface area contributed by atoms with Crippen LogP contribution in [0.1, 0.15) is 5.56 Å². The number of phenols is 1. The number of phenolic OH excluding ortho intramolecular Hbond substituents is 1. The maximum absolute atomic E-state index is 11.2. The Balaban J connectivity index is 3.07. The summed E-state index contributed by atoms with van der Waals surface area (Å²) in [6.45, 7) is 1.44. The smallest absolute Gasteiger partial charge is 0.342 e. The largest absolute Gasteiger partial charge is 0.507 e. The highest BCUT2D eigenvalue weighted by atomic mass is 16.4. The van der Waals surface area contributed by atoms with Crippen molar-refractivity contribution in [3.63, 3.8) is 0 Å². The molecule has 1 aromatic heterocycles. The minimum atomic E-state index is -0.597. The number of rotatable bonds is 0. The van der Waals surface area contributed by atoms with Gasteiger partial charge >= 0.3 is 5.63 Å². The fraction of sp³-hybridized carbons (Fsp3) is 0.100. The normalized spacial score (nSPS) is 10.6. The van der Waals surface area contributed by atoms with E-state index in [0.717, 1.165) is 0 Å². The quantitative estimate of drug-likeness (QED) is 0.620. The van der Waals surface area contributed by atoms with Gasteiger partial charge in [-0.25, -0.2) is 4.79 Å². The lowest BCUT2D eigenvalue weighted by molar-refractivity contribution is 0.448. The van der Waals surface area contributed by atoms with Gasteiger partial charge in [-0.05, 0) is 19.1 Å². The Hall–Kier alpha value is -1.97. The van der Waals surface area contributed by atoms with Crippen LogP contribution < -0.4 is 5.63 Å². The average Bonchev–Trinajstić information content (AvgIpc) is 2.14. The molecule has 1 heterocycles. The maximum Gasteiger partial charge on any atom is 0.342 e. The van der Waals surface area contributed by atoms with Gasteiger partial charge < -0.3 is 14.6 Å². The molecule has 2 N–H and O–H groups in total. The van der Waals surface area contributed by atoms with E-state index in [2.05, 4.69) is 0 Å². The molecule has 0 saturated carbocycles. The summed E-state index contributed by atoms with van der Waals surface area (Å²) in [5, 5.41) is 19.2. The molecule has 4 heteroatoms. The summed E-state index contributed by atoms with van der Waals surface area (Å²) >= 11 is 0. The molecule has 0 aliphatic heterocycles. The van der Waals surface area contributed by atoms with Gasteiger partial charge in [0.25, 0.3) is 0 Å². The van der Waals surface area contributed by atoms with Gasteiger partial charge in [-0.1, -0.05) is 6.07 Å². The van der Waals surface area contributed by atoms with E-state index in [1.807, 2.05) is 0 Å². The van der Waals surface area contributed by atoms with Crippen LogP contribution in [0.25, 0.3) is 11.0 Å². The van der Waals surface area contributed by atoms with Crippen LogP contribution in [0.15, 0.2) is 27.4 Å². The van der Waals surface area contributed by atoms with Gasteiger partial charge in [0.1, 0.15) is 22.5 Å². The van der Waals surface area contributed by atoms with E-state index in [4.69, 9.17) is 4.42 Å². The van der Waals surface area contributed by atoms with Crippen LogP contribution in [0.2, 0.25) is 0 Å². The molecule has 0 radical (unpaired) electrons. The molecule has 2 rings (SSSR count). The summed E-state index contributed by atoms with van der Waals surface area (Å²) in [4.78, 5) is 11.2. The molecular formula is C10H8O4. The van der Waals surface area contributed by atoms with Crippen LogP contribution in [0.4, 0.5) is 0 Å². The monoisotopic (exact) mass is 192 g/mol. The lowest BCUT2D eigenvalue weighted by atomic mass is 10.1. The summed E-state index contributed by atoms with van der Waals surface area (Å²) in [5.41, 5.74) is -0.322. The zero-order chi connectivity index (χ0) is 10.3. The van der Waals surface area contributed by atoms with Gasteiger partial charge in [0.2, 0.25) is 0 Å². The van der Waals surface area contributed by atoms with Gasteiger partial charge in [-0.3, -0.25) is 0 Å². The van der Waals surface area contributed by atoms with Crippen molar-refractivity contribution in [2.45, 2.75) is 6.92 Å². The molecule has 0 unspecified atom stereocenters. The molecule has 0 aliphatic rings. The van der Waals surface area contributed by atoms with E-state index < -0.39 is 5.63 Å². The SMILES string of the molecule is Cc1c(O)c2c(O)cccc2oc1=O. The fourth-order valence-corrected chi connectivity index (χ4v) is 1.30. The second kappa shape index (κ2) is 2.77. The van der Waals surface area contributed by atoms with Crippen molar-refractivity contribution in [1.29, 1.82) is 0 Å². The predicted molar refractivity (Wildman–Crippen MR) is 50.6 cm³/mol. The fourth-order valence-electron chi connectivity index (χ4n) is 1.30. The standard InChI is InChI=1S/C10H8O4/c1-5-9(12)8-6(11)3-2-4-7(8)14-10(5)13/h2-4,11-12H,1H3. The zero-order valence-corrected chi connectivity index (χ0v) is 7.44. The van der Waals surface area contributed by atoms with Gasteiger partial charge in [0.15, 0.2) is 0 Å². The third-order valence-corrected chi connectivity index (χ3v) is 2.11. The molecule has 0 saturated heterocycles. The molecule has 0 bridgehead atoms. The van der Waals surface area contributed by atoms with Gasteiger partial charge in [0, 0.05) is 0 Å². The third kappa shape index (κ3) is 1.04. The van der Waals surface area contributed by atoms with Crippen LogP contribution in [0.5, 0.6) is 11.5 Å². The van der Waals surface area contributed by atoms with Crippen molar-refractivity contribution in [3.05, 3.63) is 34.2 Å². The average molecular weight is 192 g/mol. The van der Waals surface area contributed by atoms with E-state index in [-0.39, 0.29) is 28.0 Å². The number of benzene rings is 1. The molecule has 0 spiro atoms. The van der Waals surface area contributed by atoms with Crippen LogP contribution in [-0.2, 0) is 0 Å². The van der Waals surface area contributed by atoms with E-state index >= 15 is 0 Å². The molecule has 0 fully saturated rings. The number of hydrogen-bond acceptors (Lipinski definition) is 4. The Kier molecular flexibility index (Phi) is 1.70. The highest BCUT2D eigenvalue weighted by Gasteiger charge is 2.12. The van der Waals surface area contributed by atoms with Gasteiger partial charge in [0.05, 0.1) is 5.56 Å². The lowest BCUT2D eigenvalue weighted by Crippen LogP contribution is -2.02. The predicted octanol–water partition coefficient (Wildman–Crippen LogP) is 1.51. The summed E-state index contributed by atoms with van der Waals surface area (Å²) in [5.74, 6) is -0.332. The summed E-state index contributed by atoms with van der Waals surface area (Å²) < 4.78 is 4.88. The first-order valence-electron chi connectivity index (χ1n) is 4.05. The molecule has 72 valence electrons. The Morgan fingerprint density at radius 2 is 2.00 bits per heavy atom. The molecule has 0 aliphatic carbocycles. The molecule has 4 nitrogen and oxygen atoms in total. The van der Waals surface area contributed by atoms with E-state index in [1.165, 1.54) is 25.1 Å². The molecule has 0 amide bonds. The van der Waals surface area contributed by atoms with Crippen molar-refractivity contribution in [2.75, 3.05) is 0 Å². The molecule has 0 atom stereocenters. The first kappa shape index (κ1) is 8.62. The molecule has 1 aromatic carbocycles. The Morgan fingerprint density at radius 1 is 1.29 bits per heavy atom. The van der Waals surface area contributed by atoms with E-state index in [9.17, 15) is 15.0 Å². The second-order valence-corrected chi connectivity index (χ2v) is 3.01. The lowest BCUT2D eigenvalue weighted by Gasteiger charge is -2.03. The third-order valence-electron chi connectivity index (χ3n) is 2.11. The van der Waals surface area contributed by atoms with Crippen LogP contribution in [0, 0.1) is 6.92 Å². The van der Waals surface area contributed by atoms with Crippen LogP contribution in [0.3, 0.4) is 0 Å². The van der Waals surface area contributed by atoms with E-state index in [0.29, 0.717) is 0 Å². The number of hydrogen-bond donors (Lipinski definition) is 2. The topological polar surface area (TPSA) is 70.7 Å². The first-order chi connectivity index (χ1) is 6.61. The number of fused-ring (bicyclic) bond motifs is 1. The van der Waals surface area contributed by atoms with Crippen LogP contribution in [-0.4, -0.2) is 10.2 Å². The minimum absolute atomic E-state index is 0.0963. The Morgan fingerprint density at radius 3 is 2.71 bits per heavy atom. The summed E-state index contributed by atoms with van der Waals surface area (Å²) in [6.07, 6.45) is 0. The van der Waals surface area contributed by atoms with Gasteiger partial charge in [-0.15, -0.1) is 0 Å². The highest BCUT2D eigenvalue weighted by Crippen LogP contribution is 2.32. The van der Waals surface area contributed by atoms with Crippen molar-refractivity contribution < 1.29 is 14.6 Å². The number of aromatic hydroxyl groups is 2. The second-order valence-electron chi connectivity index (χ2n) is 3.01. The summed E-state index contributed by atoms with van der Waals surface area (Å²) in [6, 6.07) is 4.46. The maximum atomic E-state index is 11.2. The van der Waals surface area contributed by atoms with Crippen LogP contribution >= 0.6 is 0 Å². The molecule has 2 aromatic rings.